The monoisotopic (exact) mass is 360 g/mol. The molecule has 19 heavy (non-hydrogen) atoms. The van der Waals surface area contributed by atoms with Crippen LogP contribution in [0.5, 0.6) is 0 Å². The molecule has 0 aliphatic carbocycles. The first-order valence-electron chi connectivity index (χ1n) is 5.35. The highest BCUT2D eigenvalue weighted by Crippen LogP contribution is 2.36. The van der Waals surface area contributed by atoms with Crippen LogP contribution in [0.25, 0.3) is 11.0 Å². The highest BCUT2D eigenvalue weighted by molar-refractivity contribution is 9.10. The first-order chi connectivity index (χ1) is 9.04. The van der Waals surface area contributed by atoms with Crippen molar-refractivity contribution in [1.82, 2.24) is 9.97 Å². The number of aromatic nitrogens is 2. The minimum Gasteiger partial charge on any atom is -0.448 e. The van der Waals surface area contributed by atoms with Gasteiger partial charge in [0.05, 0.1) is 11.0 Å². The average molecular weight is 362 g/mol. The van der Waals surface area contributed by atoms with Gasteiger partial charge in [0.2, 0.25) is 0 Å². The van der Waals surface area contributed by atoms with Crippen LogP contribution in [-0.4, -0.2) is 9.97 Å². The Hall–Kier alpha value is -1.17. The van der Waals surface area contributed by atoms with E-state index in [2.05, 4.69) is 25.9 Å². The number of fused-ring (bicyclic) bond motifs is 1. The molecule has 3 aromatic rings. The maximum atomic E-state index is 11.3. The summed E-state index contributed by atoms with van der Waals surface area (Å²) in [7, 11) is 0. The molecule has 1 aromatic carbocycles. The van der Waals surface area contributed by atoms with Crippen molar-refractivity contribution < 1.29 is 4.42 Å². The predicted molar refractivity (Wildman–Crippen MR) is 78.0 cm³/mol. The molecule has 0 spiro atoms. The molecule has 0 bridgehead atoms. The first kappa shape index (κ1) is 12.8. The van der Waals surface area contributed by atoms with Crippen LogP contribution >= 0.6 is 39.1 Å². The number of H-pyrrole nitrogens is 2. The summed E-state index contributed by atoms with van der Waals surface area (Å²) in [6.45, 7) is 0. The molecule has 0 saturated carbocycles. The van der Waals surface area contributed by atoms with Gasteiger partial charge in [0, 0.05) is 4.47 Å². The Balaban J connectivity index is 2.13. The molecule has 0 fully saturated rings. The van der Waals surface area contributed by atoms with Crippen molar-refractivity contribution in [3.05, 3.63) is 55.8 Å². The van der Waals surface area contributed by atoms with Gasteiger partial charge in [-0.1, -0.05) is 15.9 Å². The van der Waals surface area contributed by atoms with Crippen LogP contribution in [0.15, 0.2) is 37.9 Å². The van der Waals surface area contributed by atoms with Crippen molar-refractivity contribution in [2.75, 3.05) is 0 Å². The van der Waals surface area contributed by atoms with E-state index in [1.165, 1.54) is 0 Å². The summed E-state index contributed by atoms with van der Waals surface area (Å²) in [4.78, 5) is 16.6. The Labute approximate surface area is 125 Å². The van der Waals surface area contributed by atoms with Gasteiger partial charge >= 0.3 is 5.69 Å². The Morgan fingerprint density at radius 1 is 1.21 bits per heavy atom. The number of imidazole rings is 1. The lowest BCUT2D eigenvalue weighted by atomic mass is 10.1. The molecule has 2 heterocycles. The Morgan fingerprint density at radius 3 is 2.53 bits per heavy atom. The summed E-state index contributed by atoms with van der Waals surface area (Å²) in [6.07, 6.45) is 0. The lowest BCUT2D eigenvalue weighted by molar-refractivity contribution is 0.518. The van der Waals surface area contributed by atoms with Crippen LogP contribution in [-0.2, 0) is 0 Å². The highest BCUT2D eigenvalue weighted by Gasteiger charge is 2.19. The summed E-state index contributed by atoms with van der Waals surface area (Å²) in [6, 6.07) is 6.95. The van der Waals surface area contributed by atoms with Gasteiger partial charge < -0.3 is 14.4 Å². The van der Waals surface area contributed by atoms with Crippen LogP contribution in [0.1, 0.15) is 16.7 Å². The summed E-state index contributed by atoms with van der Waals surface area (Å²) < 4.78 is 6.09. The van der Waals surface area contributed by atoms with Gasteiger partial charge in [0.25, 0.3) is 0 Å². The van der Waals surface area contributed by atoms with E-state index in [1.807, 2.05) is 0 Å². The van der Waals surface area contributed by atoms with E-state index in [4.69, 9.17) is 27.6 Å². The average Bonchev–Trinajstić information content (AvgIpc) is 2.92. The normalized spacial score (nSPS) is 13.0. The fraction of sp³-hybridized carbons (Fsp3) is 0.0833. The Morgan fingerprint density at radius 2 is 1.89 bits per heavy atom. The lowest BCUT2D eigenvalue weighted by Gasteiger charge is -2.09. The molecule has 3 rings (SSSR count). The van der Waals surface area contributed by atoms with Crippen molar-refractivity contribution >= 4 is 50.2 Å². The van der Waals surface area contributed by atoms with Crippen LogP contribution in [0.2, 0.25) is 5.22 Å². The minimum atomic E-state index is -0.496. The quantitative estimate of drug-likeness (QED) is 0.672. The number of benzene rings is 1. The fourth-order valence-corrected chi connectivity index (χ4v) is 3.04. The van der Waals surface area contributed by atoms with Gasteiger partial charge in [-0.05, 0) is 41.4 Å². The smallest absolute Gasteiger partial charge is 0.323 e. The van der Waals surface area contributed by atoms with Gasteiger partial charge in [0.15, 0.2) is 5.22 Å². The third-order valence-electron chi connectivity index (χ3n) is 2.75. The van der Waals surface area contributed by atoms with Crippen LogP contribution < -0.4 is 5.69 Å². The van der Waals surface area contributed by atoms with Crippen LogP contribution in [0.3, 0.4) is 0 Å². The van der Waals surface area contributed by atoms with E-state index in [9.17, 15) is 4.79 Å². The van der Waals surface area contributed by atoms with E-state index in [0.717, 1.165) is 10.0 Å². The topological polar surface area (TPSA) is 61.8 Å². The number of rotatable bonds is 2. The van der Waals surface area contributed by atoms with Crippen molar-refractivity contribution in [2.45, 2.75) is 5.38 Å². The van der Waals surface area contributed by atoms with Crippen molar-refractivity contribution in [3.63, 3.8) is 0 Å². The van der Waals surface area contributed by atoms with E-state index in [0.29, 0.717) is 16.8 Å². The first-order valence-corrected chi connectivity index (χ1v) is 6.96. The van der Waals surface area contributed by atoms with E-state index < -0.39 is 5.38 Å². The summed E-state index contributed by atoms with van der Waals surface area (Å²) in [5.74, 6) is 0.546. The minimum absolute atomic E-state index is 0.258. The second-order valence-corrected chi connectivity index (χ2v) is 5.67. The van der Waals surface area contributed by atoms with Crippen molar-refractivity contribution in [2.24, 2.45) is 0 Å². The molecule has 0 saturated heterocycles. The number of nitrogens with one attached hydrogen (secondary N) is 2. The highest BCUT2D eigenvalue weighted by atomic mass is 79.9. The van der Waals surface area contributed by atoms with Crippen LogP contribution in [0.4, 0.5) is 0 Å². The lowest BCUT2D eigenvalue weighted by Crippen LogP contribution is -1.99. The molecular formula is C12H7BrCl2N2O2. The van der Waals surface area contributed by atoms with Gasteiger partial charge in [-0.2, -0.15) is 0 Å². The fourth-order valence-electron chi connectivity index (χ4n) is 1.88. The Bertz CT molecular complexity index is 806. The predicted octanol–water partition coefficient (Wildman–Crippen LogP) is 4.19. The van der Waals surface area contributed by atoms with E-state index >= 15 is 0 Å². The molecule has 2 N–H and O–H groups in total. The second-order valence-electron chi connectivity index (χ2n) is 4.00. The molecular weight excluding hydrogens is 355 g/mol. The number of furan rings is 1. The number of hydrogen-bond donors (Lipinski definition) is 2. The standard InChI is InChI=1S/C12H7BrCl2N2O2/c13-6-4-8-7(16-12(18)17-8)3-5(6)11(15)9-1-2-10(14)19-9/h1-4,11H,(H2,16,17,18). The van der Waals surface area contributed by atoms with Gasteiger partial charge in [-0.3, -0.25) is 0 Å². The molecule has 0 amide bonds. The largest absolute Gasteiger partial charge is 0.448 e. The molecule has 1 unspecified atom stereocenters. The zero-order valence-electron chi connectivity index (χ0n) is 9.34. The summed E-state index contributed by atoms with van der Waals surface area (Å²) in [5.41, 5.74) is 1.93. The maximum absolute atomic E-state index is 11.3. The molecule has 0 aliphatic heterocycles. The number of aromatic amines is 2. The summed E-state index contributed by atoms with van der Waals surface area (Å²) in [5, 5.41) is -0.211. The van der Waals surface area contributed by atoms with Crippen LogP contribution in [0, 0.1) is 0 Å². The third-order valence-corrected chi connectivity index (χ3v) is 4.09. The number of hydrogen-bond acceptors (Lipinski definition) is 2. The molecule has 1 atom stereocenters. The molecule has 2 aromatic heterocycles. The third kappa shape index (κ3) is 2.33. The van der Waals surface area contributed by atoms with Gasteiger partial charge in [-0.15, -0.1) is 11.6 Å². The zero-order chi connectivity index (χ0) is 13.6. The Kier molecular flexibility index (Phi) is 3.20. The molecule has 98 valence electrons. The number of alkyl halides is 1. The van der Waals surface area contributed by atoms with Gasteiger partial charge in [0.1, 0.15) is 11.1 Å². The van der Waals surface area contributed by atoms with Gasteiger partial charge in [-0.25, -0.2) is 4.79 Å². The molecule has 0 aliphatic rings. The second kappa shape index (κ2) is 4.74. The van der Waals surface area contributed by atoms with E-state index in [1.54, 1.807) is 24.3 Å². The molecule has 4 nitrogen and oxygen atoms in total. The SMILES string of the molecule is O=c1[nH]c2cc(Br)c(C(Cl)c3ccc(Cl)o3)cc2[nH]1. The summed E-state index contributed by atoms with van der Waals surface area (Å²) >= 11 is 15.5. The molecule has 0 radical (unpaired) electrons. The zero-order valence-corrected chi connectivity index (χ0v) is 12.4. The van der Waals surface area contributed by atoms with E-state index in [-0.39, 0.29) is 10.9 Å². The number of halogens is 3. The molecule has 7 heteroatoms. The van der Waals surface area contributed by atoms with Crippen molar-refractivity contribution in [1.29, 1.82) is 0 Å². The van der Waals surface area contributed by atoms with Crippen molar-refractivity contribution in [3.8, 4) is 0 Å². The maximum Gasteiger partial charge on any atom is 0.323 e.